The van der Waals surface area contributed by atoms with E-state index in [1.807, 2.05) is 20.8 Å². The topological polar surface area (TPSA) is 41.6 Å². The number of benzene rings is 1. The molecular formula is C17H28N2O2S. The van der Waals surface area contributed by atoms with Gasteiger partial charge in [-0.2, -0.15) is 0 Å². The number of nitrogens with zero attached hydrogens (tertiary/aromatic N) is 1. The van der Waals surface area contributed by atoms with Gasteiger partial charge < -0.3 is 15.0 Å². The molecule has 1 rings (SSSR count). The number of carbonyl (C=O) groups is 1. The van der Waals surface area contributed by atoms with Crippen molar-refractivity contribution >= 4 is 17.9 Å². The van der Waals surface area contributed by atoms with Crippen LogP contribution in [0.2, 0.25) is 0 Å². The Morgan fingerprint density at radius 3 is 2.45 bits per heavy atom. The number of hydrogen-bond acceptors (Lipinski definition) is 4. The maximum Gasteiger partial charge on any atom is 0.410 e. The first-order chi connectivity index (χ1) is 10.3. The summed E-state index contributed by atoms with van der Waals surface area (Å²) in [5, 5.41) is 3.40. The first kappa shape index (κ1) is 18.8. The SMILES string of the molecule is CSc1ccc(CNCCCN(C)C(=O)OC(C)(C)C)cc1. The summed E-state index contributed by atoms with van der Waals surface area (Å²) in [6.07, 6.45) is 2.72. The third-order valence-electron chi connectivity index (χ3n) is 3.04. The van der Waals surface area contributed by atoms with Crippen LogP contribution in [-0.4, -0.2) is 43.0 Å². The molecule has 22 heavy (non-hydrogen) atoms. The lowest BCUT2D eigenvalue weighted by Crippen LogP contribution is -2.35. The fourth-order valence-electron chi connectivity index (χ4n) is 1.85. The Bertz CT molecular complexity index is 455. The Morgan fingerprint density at radius 2 is 1.91 bits per heavy atom. The largest absolute Gasteiger partial charge is 0.444 e. The summed E-state index contributed by atoms with van der Waals surface area (Å²) in [5.41, 5.74) is 0.838. The molecule has 124 valence electrons. The highest BCUT2D eigenvalue weighted by Crippen LogP contribution is 2.14. The number of thioether (sulfide) groups is 1. The summed E-state index contributed by atoms with van der Waals surface area (Å²) in [4.78, 5) is 14.7. The molecule has 1 aromatic rings. The van der Waals surface area contributed by atoms with Crippen molar-refractivity contribution in [2.75, 3.05) is 26.4 Å². The van der Waals surface area contributed by atoms with Gasteiger partial charge in [-0.3, -0.25) is 0 Å². The van der Waals surface area contributed by atoms with Crippen LogP contribution in [0.15, 0.2) is 29.2 Å². The van der Waals surface area contributed by atoms with E-state index >= 15 is 0 Å². The highest BCUT2D eigenvalue weighted by molar-refractivity contribution is 7.98. The van der Waals surface area contributed by atoms with Gasteiger partial charge in [0.1, 0.15) is 5.60 Å². The van der Waals surface area contributed by atoms with E-state index in [-0.39, 0.29) is 6.09 Å². The van der Waals surface area contributed by atoms with Gasteiger partial charge in [0.05, 0.1) is 0 Å². The van der Waals surface area contributed by atoms with E-state index in [1.54, 1.807) is 23.7 Å². The minimum atomic E-state index is -0.438. The van der Waals surface area contributed by atoms with E-state index in [2.05, 4.69) is 35.8 Å². The van der Waals surface area contributed by atoms with Gasteiger partial charge in [0, 0.05) is 25.0 Å². The second-order valence-electron chi connectivity index (χ2n) is 6.28. The average Bonchev–Trinajstić information content (AvgIpc) is 2.45. The van der Waals surface area contributed by atoms with Gasteiger partial charge >= 0.3 is 6.09 Å². The van der Waals surface area contributed by atoms with E-state index < -0.39 is 5.60 Å². The Kier molecular flexibility index (Phi) is 7.76. The second-order valence-corrected chi connectivity index (χ2v) is 7.16. The molecule has 0 aliphatic carbocycles. The van der Waals surface area contributed by atoms with E-state index in [1.165, 1.54) is 10.5 Å². The van der Waals surface area contributed by atoms with Gasteiger partial charge in [-0.15, -0.1) is 11.8 Å². The van der Waals surface area contributed by atoms with E-state index in [0.717, 1.165) is 19.5 Å². The zero-order valence-corrected chi connectivity index (χ0v) is 15.1. The molecule has 1 amide bonds. The van der Waals surface area contributed by atoms with Gasteiger partial charge in [-0.1, -0.05) is 12.1 Å². The van der Waals surface area contributed by atoms with Crippen LogP contribution in [0.1, 0.15) is 32.8 Å². The van der Waals surface area contributed by atoms with Crippen molar-refractivity contribution in [2.24, 2.45) is 0 Å². The molecule has 0 aliphatic rings. The zero-order valence-electron chi connectivity index (χ0n) is 14.3. The lowest BCUT2D eigenvalue weighted by atomic mass is 10.2. The fourth-order valence-corrected chi connectivity index (χ4v) is 2.26. The van der Waals surface area contributed by atoms with Crippen molar-refractivity contribution in [2.45, 2.75) is 44.2 Å². The summed E-state index contributed by atoms with van der Waals surface area (Å²) in [7, 11) is 1.77. The number of amides is 1. The van der Waals surface area contributed by atoms with Crippen molar-refractivity contribution in [1.29, 1.82) is 0 Å². The number of carbonyl (C=O) groups excluding carboxylic acids is 1. The third kappa shape index (κ3) is 7.71. The molecule has 0 saturated heterocycles. The molecule has 0 fully saturated rings. The van der Waals surface area contributed by atoms with Gasteiger partial charge in [-0.05, 0) is 57.7 Å². The minimum absolute atomic E-state index is 0.264. The predicted molar refractivity (Wildman–Crippen MR) is 93.4 cm³/mol. The molecular weight excluding hydrogens is 296 g/mol. The molecule has 4 nitrogen and oxygen atoms in total. The molecule has 0 spiro atoms. The van der Waals surface area contributed by atoms with Crippen LogP contribution in [0.4, 0.5) is 4.79 Å². The second kappa shape index (κ2) is 9.06. The maximum atomic E-state index is 11.8. The van der Waals surface area contributed by atoms with Crippen LogP contribution >= 0.6 is 11.8 Å². The molecule has 0 atom stereocenters. The number of nitrogens with one attached hydrogen (secondary N) is 1. The molecule has 1 N–H and O–H groups in total. The molecule has 0 aromatic heterocycles. The highest BCUT2D eigenvalue weighted by Gasteiger charge is 2.18. The first-order valence-corrected chi connectivity index (χ1v) is 8.82. The predicted octanol–water partition coefficient (Wildman–Crippen LogP) is 3.76. The standard InChI is InChI=1S/C17H28N2O2S/c1-17(2,3)21-16(20)19(4)12-6-11-18-13-14-7-9-15(22-5)10-8-14/h7-10,18H,6,11-13H2,1-5H3. The Hall–Kier alpha value is -1.20. The molecule has 0 unspecified atom stereocenters. The average molecular weight is 324 g/mol. The molecule has 0 radical (unpaired) electrons. The van der Waals surface area contributed by atoms with Crippen molar-refractivity contribution in [3.8, 4) is 0 Å². The van der Waals surface area contributed by atoms with Crippen molar-refractivity contribution in [3.05, 3.63) is 29.8 Å². The third-order valence-corrected chi connectivity index (χ3v) is 3.78. The quantitative estimate of drug-likeness (QED) is 0.612. The van der Waals surface area contributed by atoms with Crippen LogP contribution in [0.5, 0.6) is 0 Å². The highest BCUT2D eigenvalue weighted by atomic mass is 32.2. The van der Waals surface area contributed by atoms with E-state index in [0.29, 0.717) is 6.54 Å². The van der Waals surface area contributed by atoms with Crippen molar-refractivity contribution < 1.29 is 9.53 Å². The number of hydrogen-bond donors (Lipinski definition) is 1. The Morgan fingerprint density at radius 1 is 1.27 bits per heavy atom. The van der Waals surface area contributed by atoms with Crippen LogP contribution in [0.25, 0.3) is 0 Å². The van der Waals surface area contributed by atoms with Crippen LogP contribution in [-0.2, 0) is 11.3 Å². The molecule has 1 aromatic carbocycles. The van der Waals surface area contributed by atoms with Crippen molar-refractivity contribution in [3.63, 3.8) is 0 Å². The number of rotatable bonds is 7. The minimum Gasteiger partial charge on any atom is -0.444 e. The van der Waals surface area contributed by atoms with Crippen LogP contribution < -0.4 is 5.32 Å². The molecule has 0 bridgehead atoms. The first-order valence-electron chi connectivity index (χ1n) is 7.59. The fraction of sp³-hybridized carbons (Fsp3) is 0.588. The molecule has 0 heterocycles. The molecule has 0 aliphatic heterocycles. The van der Waals surface area contributed by atoms with E-state index in [9.17, 15) is 4.79 Å². The lowest BCUT2D eigenvalue weighted by molar-refractivity contribution is 0.0297. The zero-order chi connectivity index (χ0) is 16.6. The molecule has 5 heteroatoms. The summed E-state index contributed by atoms with van der Waals surface area (Å²) in [6, 6.07) is 8.56. The lowest BCUT2D eigenvalue weighted by Gasteiger charge is -2.24. The monoisotopic (exact) mass is 324 g/mol. The molecule has 0 saturated carbocycles. The van der Waals surface area contributed by atoms with Gasteiger partial charge in [0.2, 0.25) is 0 Å². The van der Waals surface area contributed by atoms with E-state index in [4.69, 9.17) is 4.74 Å². The van der Waals surface area contributed by atoms with Gasteiger partial charge in [-0.25, -0.2) is 4.79 Å². The summed E-state index contributed by atoms with van der Waals surface area (Å²) in [5.74, 6) is 0. The number of ether oxygens (including phenoxy) is 1. The summed E-state index contributed by atoms with van der Waals surface area (Å²) < 4.78 is 5.31. The Labute approximate surface area is 138 Å². The van der Waals surface area contributed by atoms with Crippen molar-refractivity contribution in [1.82, 2.24) is 10.2 Å². The summed E-state index contributed by atoms with van der Waals surface area (Å²) >= 11 is 1.75. The normalized spacial score (nSPS) is 11.3. The summed E-state index contributed by atoms with van der Waals surface area (Å²) in [6.45, 7) is 8.05. The van der Waals surface area contributed by atoms with Gasteiger partial charge in [0.25, 0.3) is 0 Å². The van der Waals surface area contributed by atoms with Gasteiger partial charge in [0.15, 0.2) is 0 Å². The Balaban J connectivity index is 2.18. The van der Waals surface area contributed by atoms with Crippen LogP contribution in [0.3, 0.4) is 0 Å². The maximum absolute atomic E-state index is 11.8. The van der Waals surface area contributed by atoms with Crippen LogP contribution in [0, 0.1) is 0 Å². The smallest absolute Gasteiger partial charge is 0.410 e.